The van der Waals surface area contributed by atoms with Crippen LogP contribution in [0.1, 0.15) is 12.0 Å². The highest BCUT2D eigenvalue weighted by Crippen LogP contribution is 2.36. The number of nitrogens with one attached hydrogen (secondary N) is 2. The summed E-state index contributed by atoms with van der Waals surface area (Å²) in [5.41, 5.74) is 7.38. The van der Waals surface area contributed by atoms with Gasteiger partial charge in [0.15, 0.2) is 0 Å². The van der Waals surface area contributed by atoms with Gasteiger partial charge in [-0.2, -0.15) is 0 Å². The minimum absolute atomic E-state index is 0.00986. The van der Waals surface area contributed by atoms with Gasteiger partial charge < -0.3 is 16.4 Å². The highest BCUT2D eigenvalue weighted by molar-refractivity contribution is 6.00. The van der Waals surface area contributed by atoms with E-state index in [2.05, 4.69) is 10.6 Å². The van der Waals surface area contributed by atoms with Crippen LogP contribution in [0.5, 0.6) is 0 Å². The maximum absolute atomic E-state index is 11.3. The van der Waals surface area contributed by atoms with Gasteiger partial charge >= 0.3 is 0 Å². The zero-order valence-corrected chi connectivity index (χ0v) is 9.47. The molecule has 1 amide bonds. The van der Waals surface area contributed by atoms with Crippen molar-refractivity contribution in [1.29, 1.82) is 0 Å². The van der Waals surface area contributed by atoms with Gasteiger partial charge in [0.25, 0.3) is 5.69 Å². The van der Waals surface area contributed by atoms with E-state index in [9.17, 15) is 14.9 Å². The van der Waals surface area contributed by atoms with Gasteiger partial charge in [-0.15, -0.1) is 0 Å². The lowest BCUT2D eigenvalue weighted by Crippen LogP contribution is -2.14. The van der Waals surface area contributed by atoms with Crippen molar-refractivity contribution in [2.45, 2.75) is 24.9 Å². The smallest absolute Gasteiger partial charge is 0.292 e. The Kier molecular flexibility index (Phi) is 2.24. The number of rotatable bonds is 3. The fraction of sp³-hybridized carbons (Fsp3) is 0.364. The molecule has 2 atom stereocenters. The third-order valence-corrected chi connectivity index (χ3v) is 3.22. The van der Waals surface area contributed by atoms with Crippen molar-refractivity contribution in [1.82, 2.24) is 0 Å². The lowest BCUT2D eigenvalue weighted by atomic mass is 10.1. The first-order valence-electron chi connectivity index (χ1n) is 5.68. The fourth-order valence-electron chi connectivity index (χ4n) is 2.11. The third kappa shape index (κ3) is 1.78. The molecule has 0 spiro atoms. The van der Waals surface area contributed by atoms with Crippen molar-refractivity contribution < 1.29 is 9.72 Å². The van der Waals surface area contributed by atoms with E-state index in [1.165, 1.54) is 6.07 Å². The maximum Gasteiger partial charge on any atom is 0.292 e. The first kappa shape index (κ1) is 11.0. The number of hydrogen-bond acceptors (Lipinski definition) is 5. The Morgan fingerprint density at radius 3 is 2.83 bits per heavy atom. The molecule has 0 radical (unpaired) electrons. The molecule has 1 aromatic rings. The number of anilines is 2. The van der Waals surface area contributed by atoms with E-state index >= 15 is 0 Å². The number of nitrogens with zero attached hydrogens (tertiary/aromatic N) is 1. The lowest BCUT2D eigenvalue weighted by molar-refractivity contribution is -0.384. The Hall–Kier alpha value is -2.15. The van der Waals surface area contributed by atoms with Crippen molar-refractivity contribution in [2.75, 3.05) is 10.6 Å². The van der Waals surface area contributed by atoms with Crippen LogP contribution in [0.25, 0.3) is 0 Å². The van der Waals surface area contributed by atoms with Crippen molar-refractivity contribution >= 4 is 23.0 Å². The molecule has 18 heavy (non-hydrogen) atoms. The van der Waals surface area contributed by atoms with E-state index in [0.29, 0.717) is 16.9 Å². The number of benzene rings is 1. The van der Waals surface area contributed by atoms with Crippen molar-refractivity contribution in [3.05, 3.63) is 27.8 Å². The normalized spacial score (nSPS) is 24.4. The molecule has 1 heterocycles. The number of hydrogen-bond donors (Lipinski definition) is 3. The summed E-state index contributed by atoms with van der Waals surface area (Å²) in [6.45, 7) is 0. The Labute approximate surface area is 102 Å². The van der Waals surface area contributed by atoms with Gasteiger partial charge in [0, 0.05) is 23.8 Å². The van der Waals surface area contributed by atoms with Crippen molar-refractivity contribution in [3.63, 3.8) is 0 Å². The first-order valence-corrected chi connectivity index (χ1v) is 5.68. The molecule has 0 aromatic heterocycles. The highest BCUT2D eigenvalue weighted by Gasteiger charge is 2.35. The van der Waals surface area contributed by atoms with Gasteiger partial charge in [0.1, 0.15) is 5.69 Å². The van der Waals surface area contributed by atoms with Crippen LogP contribution in [-0.4, -0.2) is 22.9 Å². The van der Waals surface area contributed by atoms with Crippen LogP contribution in [0.15, 0.2) is 12.1 Å². The minimum Gasteiger partial charge on any atom is -0.375 e. The monoisotopic (exact) mass is 248 g/mol. The molecule has 4 N–H and O–H groups in total. The molecule has 94 valence electrons. The van der Waals surface area contributed by atoms with Gasteiger partial charge in [-0.05, 0) is 18.1 Å². The molecule has 0 saturated heterocycles. The van der Waals surface area contributed by atoms with Gasteiger partial charge in [-0.3, -0.25) is 14.9 Å². The largest absolute Gasteiger partial charge is 0.375 e. The first-order chi connectivity index (χ1) is 8.54. The number of nitrogens with two attached hydrogens (primary N) is 1. The van der Waals surface area contributed by atoms with Gasteiger partial charge in [0.2, 0.25) is 5.91 Å². The van der Waals surface area contributed by atoms with E-state index < -0.39 is 4.92 Å². The van der Waals surface area contributed by atoms with Crippen LogP contribution < -0.4 is 16.4 Å². The molecule has 0 bridgehead atoms. The molecule has 7 heteroatoms. The number of carbonyl (C=O) groups is 1. The Bertz CT molecular complexity index is 557. The molecular weight excluding hydrogens is 236 g/mol. The topological polar surface area (TPSA) is 110 Å². The summed E-state index contributed by atoms with van der Waals surface area (Å²) < 4.78 is 0. The summed E-state index contributed by atoms with van der Waals surface area (Å²) in [5.74, 6) is -0.139. The van der Waals surface area contributed by atoms with Gasteiger partial charge in [-0.1, -0.05) is 0 Å². The number of amides is 1. The molecule has 1 saturated carbocycles. The standard InChI is InChI=1S/C11H12N4O3/c12-6-3-8(6)13-9-4-7-5(2-11(16)14-7)1-10(9)15(17)18/h1,4,6,8,13H,2-3,12H2,(H,14,16). The van der Waals surface area contributed by atoms with Crippen LogP contribution >= 0.6 is 0 Å². The van der Waals surface area contributed by atoms with E-state index in [1.807, 2.05) is 0 Å². The fourth-order valence-corrected chi connectivity index (χ4v) is 2.11. The summed E-state index contributed by atoms with van der Waals surface area (Å²) >= 11 is 0. The maximum atomic E-state index is 11.3. The van der Waals surface area contributed by atoms with Gasteiger partial charge in [-0.25, -0.2) is 0 Å². The minimum atomic E-state index is -0.445. The SMILES string of the molecule is NC1CC1Nc1cc2c(cc1[N+](=O)[O-])CC(=O)N2. The quantitative estimate of drug-likeness (QED) is 0.536. The van der Waals surface area contributed by atoms with Crippen molar-refractivity contribution in [3.8, 4) is 0 Å². The number of nitro groups is 1. The average molecular weight is 248 g/mol. The average Bonchev–Trinajstić information content (AvgIpc) is 2.85. The van der Waals surface area contributed by atoms with Crippen LogP contribution in [0.4, 0.5) is 17.1 Å². The summed E-state index contributed by atoms with van der Waals surface area (Å²) in [6, 6.07) is 3.19. The molecule has 3 rings (SSSR count). The van der Waals surface area contributed by atoms with Crippen molar-refractivity contribution in [2.24, 2.45) is 5.73 Å². The molecule has 2 unspecified atom stereocenters. The Morgan fingerprint density at radius 2 is 2.22 bits per heavy atom. The van der Waals surface area contributed by atoms with Crippen LogP contribution in [0, 0.1) is 10.1 Å². The zero-order valence-electron chi connectivity index (χ0n) is 9.47. The van der Waals surface area contributed by atoms with Crippen LogP contribution in [0.3, 0.4) is 0 Å². The van der Waals surface area contributed by atoms with E-state index in [4.69, 9.17) is 5.73 Å². The molecule has 1 aliphatic heterocycles. The lowest BCUT2D eigenvalue weighted by Gasteiger charge is -2.08. The van der Waals surface area contributed by atoms with E-state index in [0.717, 1.165) is 6.42 Å². The second-order valence-corrected chi connectivity index (χ2v) is 4.66. The Balaban J connectivity index is 1.98. The van der Waals surface area contributed by atoms with Gasteiger partial charge in [0.05, 0.1) is 11.3 Å². The predicted molar refractivity (Wildman–Crippen MR) is 65.4 cm³/mol. The number of fused-ring (bicyclic) bond motifs is 1. The van der Waals surface area contributed by atoms with E-state index in [-0.39, 0.29) is 30.1 Å². The number of carbonyl (C=O) groups excluding carboxylic acids is 1. The predicted octanol–water partition coefficient (Wildman–Crippen LogP) is 0.601. The summed E-state index contributed by atoms with van der Waals surface area (Å²) in [5, 5.41) is 16.7. The number of nitro benzene ring substituents is 1. The molecule has 1 fully saturated rings. The second-order valence-electron chi connectivity index (χ2n) is 4.66. The Morgan fingerprint density at radius 1 is 1.50 bits per heavy atom. The molecule has 1 aromatic carbocycles. The summed E-state index contributed by atoms with van der Waals surface area (Å²) in [7, 11) is 0. The second kappa shape index (κ2) is 3.67. The molecular formula is C11H12N4O3. The van der Waals surface area contributed by atoms with Crippen LogP contribution in [-0.2, 0) is 11.2 Å². The highest BCUT2D eigenvalue weighted by atomic mass is 16.6. The summed E-state index contributed by atoms with van der Waals surface area (Å²) in [6.07, 6.45) is 1.000. The zero-order chi connectivity index (χ0) is 12.9. The molecule has 2 aliphatic rings. The summed E-state index contributed by atoms with van der Waals surface area (Å²) in [4.78, 5) is 21.8. The third-order valence-electron chi connectivity index (χ3n) is 3.22. The van der Waals surface area contributed by atoms with Crippen LogP contribution in [0.2, 0.25) is 0 Å². The molecule has 7 nitrogen and oxygen atoms in total. The molecule has 1 aliphatic carbocycles. The van der Waals surface area contributed by atoms with E-state index in [1.54, 1.807) is 6.07 Å².